The molecule has 0 radical (unpaired) electrons. The molecule has 34 heavy (non-hydrogen) atoms. The smallest absolute Gasteiger partial charge is 0.290 e. The molecule has 1 unspecified atom stereocenters. The van der Waals surface area contributed by atoms with Crippen LogP contribution in [0.15, 0.2) is 72.8 Å². The number of fused-ring (bicyclic) bond motifs is 1. The number of benzene rings is 3. The highest BCUT2D eigenvalue weighted by Gasteiger charge is 2.10. The SMILES string of the molecule is CNCc1ccccc1.Cc1ccc(-c2ccc3c(c2)CNC3)cc1.O=CO.OC1CCNC1. The molecule has 0 bridgehead atoms. The standard InChI is InChI=1S/C15H15N.C8H11N.C4H9NO.CH2O2/c1-11-2-4-12(5-3-11)13-6-7-14-9-16-10-15(14)8-13;1-9-7-8-5-3-2-4-6-8;6-4-1-2-5-3-4;2-1-3/h2-8,16H,9-10H2,1H3;2-6,9H,7H2,1H3;4-6H,1-3H2;1H,(H,2,3). The zero-order valence-electron chi connectivity index (χ0n) is 20.1. The summed E-state index contributed by atoms with van der Waals surface area (Å²) >= 11 is 0. The Hall–Kier alpha value is -3.03. The number of rotatable bonds is 3. The molecule has 2 aliphatic heterocycles. The summed E-state index contributed by atoms with van der Waals surface area (Å²) in [4.78, 5) is 8.36. The first kappa shape index (κ1) is 27.2. The maximum absolute atomic E-state index is 8.67. The van der Waals surface area contributed by atoms with Crippen molar-refractivity contribution in [3.63, 3.8) is 0 Å². The van der Waals surface area contributed by atoms with Gasteiger partial charge in [-0.3, -0.25) is 4.79 Å². The summed E-state index contributed by atoms with van der Waals surface area (Å²) < 4.78 is 0. The van der Waals surface area contributed by atoms with Gasteiger partial charge in [0.05, 0.1) is 6.10 Å². The molecule has 1 atom stereocenters. The van der Waals surface area contributed by atoms with Gasteiger partial charge < -0.3 is 26.2 Å². The predicted molar refractivity (Wildman–Crippen MR) is 139 cm³/mol. The molecule has 0 saturated carbocycles. The summed E-state index contributed by atoms with van der Waals surface area (Å²) in [5, 5.41) is 25.0. The fourth-order valence-corrected chi connectivity index (χ4v) is 3.66. The Kier molecular flexibility index (Phi) is 12.6. The quantitative estimate of drug-likeness (QED) is 0.380. The van der Waals surface area contributed by atoms with Crippen molar-refractivity contribution in [1.82, 2.24) is 16.0 Å². The van der Waals surface area contributed by atoms with Gasteiger partial charge in [-0.1, -0.05) is 72.3 Å². The zero-order valence-corrected chi connectivity index (χ0v) is 20.1. The molecule has 0 aliphatic carbocycles. The third-order valence-corrected chi connectivity index (χ3v) is 5.48. The molecule has 6 nitrogen and oxygen atoms in total. The Morgan fingerprint density at radius 3 is 2.15 bits per heavy atom. The molecule has 0 amide bonds. The van der Waals surface area contributed by atoms with Gasteiger partial charge in [0.25, 0.3) is 6.47 Å². The molecule has 2 aliphatic rings. The maximum Gasteiger partial charge on any atom is 0.290 e. The van der Waals surface area contributed by atoms with Crippen LogP contribution in [0.3, 0.4) is 0 Å². The van der Waals surface area contributed by atoms with Gasteiger partial charge in [0.2, 0.25) is 0 Å². The summed E-state index contributed by atoms with van der Waals surface area (Å²) in [6.07, 6.45) is 0.866. The molecule has 1 fully saturated rings. The monoisotopic (exact) mass is 463 g/mol. The number of hydrogen-bond acceptors (Lipinski definition) is 5. The van der Waals surface area contributed by atoms with Crippen LogP contribution in [0.4, 0.5) is 0 Å². The third kappa shape index (κ3) is 9.85. The molecule has 0 spiro atoms. The summed E-state index contributed by atoms with van der Waals surface area (Å²) in [5.41, 5.74) is 8.16. The number of aryl methyl sites for hydroxylation is 1. The number of aliphatic hydroxyl groups excluding tert-OH is 1. The van der Waals surface area contributed by atoms with Crippen LogP contribution in [0.1, 0.15) is 28.7 Å². The summed E-state index contributed by atoms with van der Waals surface area (Å²) in [6, 6.07) is 25.8. The minimum Gasteiger partial charge on any atom is -0.483 e. The Morgan fingerprint density at radius 2 is 1.59 bits per heavy atom. The highest BCUT2D eigenvalue weighted by molar-refractivity contribution is 5.65. The fourth-order valence-electron chi connectivity index (χ4n) is 3.66. The van der Waals surface area contributed by atoms with Crippen molar-refractivity contribution in [2.24, 2.45) is 0 Å². The first-order chi connectivity index (χ1) is 16.6. The third-order valence-electron chi connectivity index (χ3n) is 5.48. The van der Waals surface area contributed by atoms with Crippen LogP contribution in [0.25, 0.3) is 11.1 Å². The van der Waals surface area contributed by atoms with E-state index in [1.165, 1.54) is 33.4 Å². The number of β-amino-alcohol motifs (C(OH)–C–C–N with tert-alkyl or cyclic N) is 1. The van der Waals surface area contributed by atoms with Gasteiger partial charge in [0, 0.05) is 26.2 Å². The largest absolute Gasteiger partial charge is 0.483 e. The van der Waals surface area contributed by atoms with Gasteiger partial charge in [-0.05, 0) is 60.8 Å². The van der Waals surface area contributed by atoms with Crippen molar-refractivity contribution in [3.8, 4) is 11.1 Å². The lowest BCUT2D eigenvalue weighted by Crippen LogP contribution is -2.11. The van der Waals surface area contributed by atoms with E-state index < -0.39 is 0 Å². The van der Waals surface area contributed by atoms with E-state index >= 15 is 0 Å². The van der Waals surface area contributed by atoms with E-state index in [0.29, 0.717) is 0 Å². The Balaban J connectivity index is 0.000000191. The number of carbonyl (C=O) groups is 1. The minimum absolute atomic E-state index is 0.0648. The zero-order chi connectivity index (χ0) is 24.6. The number of nitrogens with one attached hydrogen (secondary N) is 3. The molecule has 182 valence electrons. The van der Waals surface area contributed by atoms with Gasteiger partial charge in [0.15, 0.2) is 0 Å². The number of aliphatic hydroxyl groups is 1. The van der Waals surface area contributed by atoms with Gasteiger partial charge in [-0.15, -0.1) is 0 Å². The molecule has 3 aromatic rings. The number of carboxylic acid groups (broad SMARTS) is 1. The van der Waals surface area contributed by atoms with Crippen molar-refractivity contribution >= 4 is 6.47 Å². The fraction of sp³-hybridized carbons (Fsp3) is 0.321. The van der Waals surface area contributed by atoms with Crippen LogP contribution in [-0.4, -0.2) is 42.9 Å². The van der Waals surface area contributed by atoms with Crippen molar-refractivity contribution in [2.45, 2.75) is 39.1 Å². The Labute approximate surface area is 203 Å². The second-order valence-electron chi connectivity index (χ2n) is 8.22. The van der Waals surface area contributed by atoms with Crippen LogP contribution in [0, 0.1) is 6.92 Å². The number of hydrogen-bond donors (Lipinski definition) is 5. The van der Waals surface area contributed by atoms with E-state index in [2.05, 4.69) is 77.5 Å². The molecule has 5 N–H and O–H groups in total. The van der Waals surface area contributed by atoms with Crippen LogP contribution in [0.2, 0.25) is 0 Å². The average Bonchev–Trinajstić information content (AvgIpc) is 3.53. The van der Waals surface area contributed by atoms with E-state index in [-0.39, 0.29) is 12.6 Å². The van der Waals surface area contributed by atoms with E-state index in [0.717, 1.165) is 39.1 Å². The molecule has 5 rings (SSSR count). The summed E-state index contributed by atoms with van der Waals surface area (Å²) in [5.74, 6) is 0. The topological polar surface area (TPSA) is 93.6 Å². The molecule has 2 heterocycles. The Morgan fingerprint density at radius 1 is 0.941 bits per heavy atom. The van der Waals surface area contributed by atoms with Crippen LogP contribution in [0.5, 0.6) is 0 Å². The van der Waals surface area contributed by atoms with E-state index in [4.69, 9.17) is 15.0 Å². The minimum atomic E-state index is -0.250. The second-order valence-corrected chi connectivity index (χ2v) is 8.22. The van der Waals surface area contributed by atoms with Crippen LogP contribution in [-0.2, 0) is 24.4 Å². The van der Waals surface area contributed by atoms with E-state index in [9.17, 15) is 0 Å². The molecule has 1 saturated heterocycles. The lowest BCUT2D eigenvalue weighted by molar-refractivity contribution is -0.122. The normalized spacial score (nSPS) is 15.4. The van der Waals surface area contributed by atoms with E-state index in [1.807, 2.05) is 25.2 Å². The highest BCUT2D eigenvalue weighted by Crippen LogP contribution is 2.25. The van der Waals surface area contributed by atoms with Gasteiger partial charge in [-0.2, -0.15) is 0 Å². The lowest BCUT2D eigenvalue weighted by Gasteiger charge is -2.05. The molecule has 3 aromatic carbocycles. The first-order valence-electron chi connectivity index (χ1n) is 11.6. The van der Waals surface area contributed by atoms with Crippen molar-refractivity contribution in [1.29, 1.82) is 0 Å². The second kappa shape index (κ2) is 15.7. The molecule has 0 aromatic heterocycles. The summed E-state index contributed by atoms with van der Waals surface area (Å²) in [7, 11) is 1.95. The molecular weight excluding hydrogens is 426 g/mol. The predicted octanol–water partition coefficient (Wildman–Crippen LogP) is 3.71. The van der Waals surface area contributed by atoms with Crippen molar-refractivity contribution in [3.05, 3.63) is 95.1 Å². The van der Waals surface area contributed by atoms with Crippen LogP contribution < -0.4 is 16.0 Å². The van der Waals surface area contributed by atoms with E-state index in [1.54, 1.807) is 0 Å². The average molecular weight is 464 g/mol. The van der Waals surface area contributed by atoms with Crippen LogP contribution >= 0.6 is 0 Å². The first-order valence-corrected chi connectivity index (χ1v) is 11.6. The highest BCUT2D eigenvalue weighted by atomic mass is 16.3. The summed E-state index contributed by atoms with van der Waals surface area (Å²) in [6.45, 7) is 6.64. The molecular formula is C28H37N3O3. The van der Waals surface area contributed by atoms with Crippen molar-refractivity contribution in [2.75, 3.05) is 20.1 Å². The van der Waals surface area contributed by atoms with Gasteiger partial charge >= 0.3 is 0 Å². The van der Waals surface area contributed by atoms with Crippen molar-refractivity contribution < 1.29 is 15.0 Å². The van der Waals surface area contributed by atoms with Gasteiger partial charge in [-0.25, -0.2) is 0 Å². The lowest BCUT2D eigenvalue weighted by atomic mass is 10.00. The Bertz CT molecular complexity index is 956. The van der Waals surface area contributed by atoms with Gasteiger partial charge in [0.1, 0.15) is 0 Å². The maximum atomic E-state index is 8.67. The molecule has 6 heteroatoms.